The number of sulfonamides is 1. The Kier molecular flexibility index (Phi) is 6.99. The third kappa shape index (κ3) is 5.54. The largest absolute Gasteiger partial charge is 0.494 e. The Morgan fingerprint density at radius 2 is 1.70 bits per heavy atom. The van der Waals surface area contributed by atoms with Gasteiger partial charge in [-0.3, -0.25) is 9.52 Å². The molecule has 0 aromatic heterocycles. The van der Waals surface area contributed by atoms with Crippen LogP contribution in [-0.2, 0) is 16.4 Å². The van der Waals surface area contributed by atoms with E-state index in [4.69, 9.17) is 4.74 Å². The Morgan fingerprint density at radius 3 is 2.36 bits per heavy atom. The normalized spacial score (nSPS) is 15.9. The second kappa shape index (κ2) is 10.1. The minimum absolute atomic E-state index is 0.0191. The molecule has 0 radical (unpaired) electrons. The summed E-state index contributed by atoms with van der Waals surface area (Å²) in [4.78, 5) is 15.2. The number of benzene rings is 3. The van der Waals surface area contributed by atoms with E-state index in [9.17, 15) is 13.2 Å². The van der Waals surface area contributed by atoms with Crippen molar-refractivity contribution in [2.75, 3.05) is 17.9 Å². The molecule has 0 saturated carbocycles. The lowest BCUT2D eigenvalue weighted by Crippen LogP contribution is -2.36. The number of carbonyl (C=O) groups excluding carboxylic acids is 1. The van der Waals surface area contributed by atoms with E-state index < -0.39 is 10.0 Å². The van der Waals surface area contributed by atoms with Gasteiger partial charge in [-0.05, 0) is 80.3 Å². The standard InChI is InChI=1S/C26H28N2O4S/c1-2-32-24-14-16-25(17-15-24)33(30,31)27-22-12-10-21(11-13-22)26(29)28-18-6-9-23(28)19-20-7-4-3-5-8-20/h3-5,7-8,10-17,23,27H,2,6,9,18-19H2,1H3. The average molecular weight is 465 g/mol. The molecule has 1 N–H and O–H groups in total. The highest BCUT2D eigenvalue weighted by molar-refractivity contribution is 7.92. The maximum atomic E-state index is 13.1. The Balaban J connectivity index is 1.42. The molecule has 1 heterocycles. The number of nitrogens with one attached hydrogen (secondary N) is 1. The van der Waals surface area contributed by atoms with Gasteiger partial charge in [-0.15, -0.1) is 0 Å². The number of rotatable bonds is 8. The fourth-order valence-electron chi connectivity index (χ4n) is 4.14. The van der Waals surface area contributed by atoms with E-state index in [2.05, 4.69) is 16.9 Å². The highest BCUT2D eigenvalue weighted by Crippen LogP contribution is 2.25. The maximum Gasteiger partial charge on any atom is 0.261 e. The number of likely N-dealkylation sites (tertiary alicyclic amines) is 1. The topological polar surface area (TPSA) is 75.7 Å². The molecule has 172 valence electrons. The predicted molar refractivity (Wildman–Crippen MR) is 129 cm³/mol. The van der Waals surface area contributed by atoms with Crippen LogP contribution in [0, 0.1) is 0 Å². The smallest absolute Gasteiger partial charge is 0.261 e. The van der Waals surface area contributed by atoms with Gasteiger partial charge in [0.1, 0.15) is 5.75 Å². The molecule has 1 aliphatic heterocycles. The molecule has 1 unspecified atom stereocenters. The maximum absolute atomic E-state index is 13.1. The third-order valence-electron chi connectivity index (χ3n) is 5.78. The van der Waals surface area contributed by atoms with Crippen molar-refractivity contribution in [3.63, 3.8) is 0 Å². The van der Waals surface area contributed by atoms with Crippen molar-refractivity contribution in [2.45, 2.75) is 37.1 Å². The van der Waals surface area contributed by atoms with Gasteiger partial charge in [0.05, 0.1) is 11.5 Å². The van der Waals surface area contributed by atoms with Crippen LogP contribution in [0.1, 0.15) is 35.7 Å². The van der Waals surface area contributed by atoms with Crippen LogP contribution in [0.25, 0.3) is 0 Å². The first-order valence-electron chi connectivity index (χ1n) is 11.2. The van der Waals surface area contributed by atoms with Crippen molar-refractivity contribution in [1.29, 1.82) is 0 Å². The first kappa shape index (κ1) is 22.9. The molecule has 6 nitrogen and oxygen atoms in total. The summed E-state index contributed by atoms with van der Waals surface area (Å²) >= 11 is 0. The Bertz CT molecular complexity index is 1180. The first-order valence-corrected chi connectivity index (χ1v) is 12.7. The highest BCUT2D eigenvalue weighted by atomic mass is 32.2. The van der Waals surface area contributed by atoms with Crippen molar-refractivity contribution < 1.29 is 17.9 Å². The molecule has 1 fully saturated rings. The molecule has 4 rings (SSSR count). The van der Waals surface area contributed by atoms with E-state index in [0.717, 1.165) is 25.8 Å². The number of amides is 1. The number of ether oxygens (including phenoxy) is 1. The van der Waals surface area contributed by atoms with Crippen LogP contribution in [0.15, 0.2) is 83.8 Å². The van der Waals surface area contributed by atoms with Gasteiger partial charge < -0.3 is 9.64 Å². The van der Waals surface area contributed by atoms with Gasteiger partial charge in [0.25, 0.3) is 15.9 Å². The van der Waals surface area contributed by atoms with E-state index in [1.807, 2.05) is 30.0 Å². The predicted octanol–water partition coefficient (Wildman–Crippen LogP) is 4.73. The molecule has 0 spiro atoms. The second-order valence-electron chi connectivity index (χ2n) is 8.07. The SMILES string of the molecule is CCOc1ccc(S(=O)(=O)Nc2ccc(C(=O)N3CCCC3Cc3ccccc3)cc2)cc1. The third-order valence-corrected chi connectivity index (χ3v) is 7.18. The van der Waals surface area contributed by atoms with Crippen LogP contribution < -0.4 is 9.46 Å². The molecule has 1 saturated heterocycles. The van der Waals surface area contributed by atoms with E-state index in [0.29, 0.717) is 23.6 Å². The van der Waals surface area contributed by atoms with Gasteiger partial charge in [-0.25, -0.2) is 8.42 Å². The molecule has 1 atom stereocenters. The summed E-state index contributed by atoms with van der Waals surface area (Å²) in [5.74, 6) is 0.598. The lowest BCUT2D eigenvalue weighted by Gasteiger charge is -2.25. The van der Waals surface area contributed by atoms with Crippen LogP contribution in [0.4, 0.5) is 5.69 Å². The van der Waals surface area contributed by atoms with E-state index in [1.54, 1.807) is 36.4 Å². The second-order valence-corrected chi connectivity index (χ2v) is 9.75. The van der Waals surface area contributed by atoms with Crippen molar-refractivity contribution in [2.24, 2.45) is 0 Å². The Labute approximate surface area is 195 Å². The highest BCUT2D eigenvalue weighted by Gasteiger charge is 2.29. The van der Waals surface area contributed by atoms with Crippen molar-refractivity contribution in [3.05, 3.63) is 90.0 Å². The number of anilines is 1. The Hall–Kier alpha value is -3.32. The monoisotopic (exact) mass is 464 g/mol. The van der Waals surface area contributed by atoms with Crippen LogP contribution in [0.2, 0.25) is 0 Å². The lowest BCUT2D eigenvalue weighted by atomic mass is 10.0. The van der Waals surface area contributed by atoms with Crippen LogP contribution in [-0.4, -0.2) is 38.4 Å². The zero-order valence-corrected chi connectivity index (χ0v) is 19.4. The zero-order valence-electron chi connectivity index (χ0n) is 18.6. The molecule has 0 aliphatic carbocycles. The lowest BCUT2D eigenvalue weighted by molar-refractivity contribution is 0.0736. The summed E-state index contributed by atoms with van der Waals surface area (Å²) in [6.07, 6.45) is 2.82. The van der Waals surface area contributed by atoms with Gasteiger partial charge >= 0.3 is 0 Å². The quantitative estimate of drug-likeness (QED) is 0.523. The number of hydrogen-bond donors (Lipinski definition) is 1. The number of carbonyl (C=O) groups is 1. The van der Waals surface area contributed by atoms with Gasteiger partial charge in [-0.1, -0.05) is 30.3 Å². The zero-order chi connectivity index (χ0) is 23.3. The summed E-state index contributed by atoms with van der Waals surface area (Å²) in [6.45, 7) is 3.12. The molecule has 3 aromatic carbocycles. The van der Waals surface area contributed by atoms with E-state index in [1.165, 1.54) is 17.7 Å². The van der Waals surface area contributed by atoms with Gasteiger partial charge in [0.15, 0.2) is 0 Å². The molecule has 0 bridgehead atoms. The minimum atomic E-state index is -3.74. The van der Waals surface area contributed by atoms with E-state index >= 15 is 0 Å². The molecular weight excluding hydrogens is 436 g/mol. The van der Waals surface area contributed by atoms with E-state index in [-0.39, 0.29) is 16.8 Å². The molecule has 33 heavy (non-hydrogen) atoms. The fraction of sp³-hybridized carbons (Fsp3) is 0.269. The summed E-state index contributed by atoms with van der Waals surface area (Å²) in [5.41, 5.74) is 2.18. The van der Waals surface area contributed by atoms with Crippen molar-refractivity contribution in [1.82, 2.24) is 4.90 Å². The first-order chi connectivity index (χ1) is 16.0. The number of hydrogen-bond acceptors (Lipinski definition) is 4. The average Bonchev–Trinajstić information content (AvgIpc) is 3.28. The van der Waals surface area contributed by atoms with Gasteiger partial charge in [-0.2, -0.15) is 0 Å². The minimum Gasteiger partial charge on any atom is -0.494 e. The summed E-state index contributed by atoms with van der Waals surface area (Å²) < 4.78 is 33.3. The molecule has 1 amide bonds. The van der Waals surface area contributed by atoms with Crippen LogP contribution >= 0.6 is 0 Å². The van der Waals surface area contributed by atoms with Crippen LogP contribution in [0.5, 0.6) is 5.75 Å². The van der Waals surface area contributed by atoms with Gasteiger partial charge in [0, 0.05) is 23.8 Å². The fourth-order valence-corrected chi connectivity index (χ4v) is 5.20. The summed E-state index contributed by atoms with van der Waals surface area (Å²) in [6, 6.07) is 23.3. The molecule has 1 aliphatic rings. The molecular formula is C26H28N2O4S. The molecule has 3 aromatic rings. The van der Waals surface area contributed by atoms with Gasteiger partial charge in [0.2, 0.25) is 0 Å². The Morgan fingerprint density at radius 1 is 1.00 bits per heavy atom. The van der Waals surface area contributed by atoms with Crippen molar-refractivity contribution >= 4 is 21.6 Å². The summed E-state index contributed by atoms with van der Waals surface area (Å²) in [5, 5.41) is 0. The van der Waals surface area contributed by atoms with Crippen molar-refractivity contribution in [3.8, 4) is 5.75 Å². The number of nitrogens with zero attached hydrogens (tertiary/aromatic N) is 1. The van der Waals surface area contributed by atoms with Crippen LogP contribution in [0.3, 0.4) is 0 Å². The molecule has 7 heteroatoms. The summed E-state index contributed by atoms with van der Waals surface area (Å²) in [7, 11) is -3.74.